The second-order valence-corrected chi connectivity index (χ2v) is 6.23. The number of likely N-dealkylation sites (tertiary alicyclic amines) is 1. The van der Waals surface area contributed by atoms with Gasteiger partial charge in [0.15, 0.2) is 0 Å². The van der Waals surface area contributed by atoms with Crippen LogP contribution in [0, 0.1) is 20.8 Å². The van der Waals surface area contributed by atoms with Crippen LogP contribution in [0.4, 0.5) is 4.79 Å². The average molecular weight is 315 g/mol. The van der Waals surface area contributed by atoms with Gasteiger partial charge in [0.2, 0.25) is 5.91 Å². The number of carbonyl (C=O) groups is 2. The zero-order valence-electron chi connectivity index (χ0n) is 14.1. The van der Waals surface area contributed by atoms with E-state index in [0.29, 0.717) is 13.1 Å². The van der Waals surface area contributed by atoms with Gasteiger partial charge in [-0.15, -0.1) is 0 Å². The maximum Gasteiger partial charge on any atom is 0.314 e. The second kappa shape index (κ2) is 7.31. The lowest BCUT2D eigenvalue weighted by atomic mass is 10.0. The normalized spacial score (nSPS) is 15.9. The molecule has 0 aromatic heterocycles. The topological polar surface area (TPSA) is 75.4 Å². The number of nitrogens with one attached hydrogen (secondary N) is 1. The fraction of sp³-hybridized carbons (Fsp3) is 0.444. The second-order valence-electron chi connectivity index (χ2n) is 6.23. The predicted octanol–water partition coefficient (Wildman–Crippen LogP) is 2.28. The number of nitrogens with two attached hydrogens (primary N) is 1. The number of primary amides is 1. The van der Waals surface area contributed by atoms with E-state index in [1.54, 1.807) is 11.0 Å². The van der Waals surface area contributed by atoms with Gasteiger partial charge in [0.05, 0.1) is 0 Å². The Labute approximate surface area is 137 Å². The highest BCUT2D eigenvalue weighted by atomic mass is 16.2. The lowest BCUT2D eigenvalue weighted by molar-refractivity contribution is -0.117. The van der Waals surface area contributed by atoms with E-state index in [1.807, 2.05) is 13.0 Å². The number of benzene rings is 1. The van der Waals surface area contributed by atoms with Crippen molar-refractivity contribution < 1.29 is 9.59 Å². The summed E-state index contributed by atoms with van der Waals surface area (Å²) in [5.74, 6) is -0.0971. The molecular formula is C18H25N3O2. The first kappa shape index (κ1) is 17.1. The van der Waals surface area contributed by atoms with Crippen LogP contribution in [-0.2, 0) is 4.79 Å². The van der Waals surface area contributed by atoms with Crippen molar-refractivity contribution in [2.75, 3.05) is 13.1 Å². The molecule has 5 nitrogen and oxygen atoms in total. The van der Waals surface area contributed by atoms with Crippen LogP contribution in [-0.4, -0.2) is 36.0 Å². The van der Waals surface area contributed by atoms with Crippen LogP contribution in [0.2, 0.25) is 0 Å². The molecule has 3 amide bonds. The molecule has 1 saturated heterocycles. The Morgan fingerprint density at radius 1 is 1.13 bits per heavy atom. The summed E-state index contributed by atoms with van der Waals surface area (Å²) in [6.45, 7) is 7.39. The van der Waals surface area contributed by atoms with Crippen LogP contribution in [0.5, 0.6) is 0 Å². The van der Waals surface area contributed by atoms with Gasteiger partial charge in [-0.25, -0.2) is 4.79 Å². The number of urea groups is 1. The molecule has 23 heavy (non-hydrogen) atoms. The molecule has 1 fully saturated rings. The van der Waals surface area contributed by atoms with Gasteiger partial charge in [-0.3, -0.25) is 4.79 Å². The number of nitrogens with zero attached hydrogens (tertiary/aromatic N) is 1. The average Bonchev–Trinajstić information content (AvgIpc) is 2.50. The summed E-state index contributed by atoms with van der Waals surface area (Å²) >= 11 is 0. The van der Waals surface area contributed by atoms with Crippen molar-refractivity contribution in [3.05, 3.63) is 40.5 Å². The number of amides is 3. The van der Waals surface area contributed by atoms with Crippen molar-refractivity contribution in [1.82, 2.24) is 10.2 Å². The van der Waals surface area contributed by atoms with Crippen molar-refractivity contribution in [3.8, 4) is 0 Å². The standard InChI is InChI=1S/C18H25N3O2/c1-12-10-14(3)15(11-13(12)2)4-5-17(22)20-16-6-8-21(9-7-16)18(19)23/h4-5,10-11,16H,6-9H2,1-3H3,(H2,19,23)(H,20,22)/b5-4-. The zero-order valence-corrected chi connectivity index (χ0v) is 14.1. The highest BCUT2D eigenvalue weighted by molar-refractivity contribution is 5.92. The molecule has 2 rings (SSSR count). The first-order chi connectivity index (χ1) is 10.9. The van der Waals surface area contributed by atoms with Crippen molar-refractivity contribution in [2.24, 2.45) is 5.73 Å². The number of piperidine rings is 1. The molecule has 5 heteroatoms. The smallest absolute Gasteiger partial charge is 0.314 e. The Balaban J connectivity index is 1.90. The molecule has 0 unspecified atom stereocenters. The molecule has 3 N–H and O–H groups in total. The van der Waals surface area contributed by atoms with E-state index in [2.05, 4.69) is 31.3 Å². The zero-order chi connectivity index (χ0) is 17.0. The number of rotatable bonds is 3. The minimum absolute atomic E-state index is 0.0971. The van der Waals surface area contributed by atoms with Gasteiger partial charge in [0, 0.05) is 25.2 Å². The molecule has 0 aliphatic carbocycles. The monoisotopic (exact) mass is 315 g/mol. The molecule has 1 aromatic carbocycles. The van der Waals surface area contributed by atoms with Crippen LogP contribution in [0.15, 0.2) is 18.2 Å². The Morgan fingerprint density at radius 2 is 1.74 bits per heavy atom. The summed E-state index contributed by atoms with van der Waals surface area (Å²) in [5.41, 5.74) is 9.94. The molecule has 0 bridgehead atoms. The Hall–Kier alpha value is -2.30. The Morgan fingerprint density at radius 3 is 2.35 bits per heavy atom. The van der Waals surface area contributed by atoms with Crippen LogP contribution >= 0.6 is 0 Å². The summed E-state index contributed by atoms with van der Waals surface area (Å²) in [4.78, 5) is 24.7. The molecule has 0 saturated carbocycles. The van der Waals surface area contributed by atoms with Crippen molar-refractivity contribution in [3.63, 3.8) is 0 Å². The third kappa shape index (κ3) is 4.58. The fourth-order valence-electron chi connectivity index (χ4n) is 2.82. The minimum Gasteiger partial charge on any atom is -0.351 e. The van der Waals surface area contributed by atoms with Crippen LogP contribution in [0.1, 0.15) is 35.1 Å². The van der Waals surface area contributed by atoms with E-state index in [4.69, 9.17) is 5.73 Å². The summed E-state index contributed by atoms with van der Waals surface area (Å²) in [6, 6.07) is 3.94. The predicted molar refractivity (Wildman–Crippen MR) is 92.0 cm³/mol. The van der Waals surface area contributed by atoms with Gasteiger partial charge in [-0.05, 0) is 61.9 Å². The largest absolute Gasteiger partial charge is 0.351 e. The molecule has 1 aliphatic rings. The highest BCUT2D eigenvalue weighted by Gasteiger charge is 2.21. The van der Waals surface area contributed by atoms with E-state index in [-0.39, 0.29) is 18.0 Å². The van der Waals surface area contributed by atoms with E-state index >= 15 is 0 Å². The SMILES string of the molecule is Cc1cc(C)c(/C=C\C(=O)NC2CCN(C(N)=O)CC2)cc1C. The number of hydrogen-bond donors (Lipinski definition) is 2. The third-order valence-corrected chi connectivity index (χ3v) is 4.45. The van der Waals surface area contributed by atoms with E-state index in [9.17, 15) is 9.59 Å². The molecule has 0 radical (unpaired) electrons. The molecule has 1 aliphatic heterocycles. The summed E-state index contributed by atoms with van der Waals surface area (Å²) in [7, 11) is 0. The van der Waals surface area contributed by atoms with Gasteiger partial charge in [-0.1, -0.05) is 12.1 Å². The summed E-state index contributed by atoms with van der Waals surface area (Å²) in [6.07, 6.45) is 4.92. The number of carbonyl (C=O) groups excluding carboxylic acids is 2. The molecule has 1 aromatic rings. The quantitative estimate of drug-likeness (QED) is 0.840. The van der Waals surface area contributed by atoms with E-state index in [1.165, 1.54) is 11.1 Å². The molecular weight excluding hydrogens is 290 g/mol. The number of aryl methyl sites for hydroxylation is 3. The van der Waals surface area contributed by atoms with Gasteiger partial charge in [0.1, 0.15) is 0 Å². The summed E-state index contributed by atoms with van der Waals surface area (Å²) in [5, 5.41) is 2.99. The Bertz CT molecular complexity index is 629. The molecule has 124 valence electrons. The summed E-state index contributed by atoms with van der Waals surface area (Å²) < 4.78 is 0. The van der Waals surface area contributed by atoms with E-state index < -0.39 is 0 Å². The highest BCUT2D eigenvalue weighted by Crippen LogP contribution is 2.16. The van der Waals surface area contributed by atoms with E-state index in [0.717, 1.165) is 24.0 Å². The van der Waals surface area contributed by atoms with Crippen molar-refractivity contribution in [2.45, 2.75) is 39.7 Å². The van der Waals surface area contributed by atoms with Crippen LogP contribution < -0.4 is 11.1 Å². The fourth-order valence-corrected chi connectivity index (χ4v) is 2.82. The van der Waals surface area contributed by atoms with Gasteiger partial charge >= 0.3 is 6.03 Å². The third-order valence-electron chi connectivity index (χ3n) is 4.45. The lowest BCUT2D eigenvalue weighted by Crippen LogP contribution is -2.47. The molecule has 0 spiro atoms. The maximum atomic E-state index is 12.1. The van der Waals surface area contributed by atoms with Crippen molar-refractivity contribution in [1.29, 1.82) is 0 Å². The Kier molecular flexibility index (Phi) is 5.42. The molecule has 1 heterocycles. The molecule has 0 atom stereocenters. The van der Waals surface area contributed by atoms with Crippen LogP contribution in [0.3, 0.4) is 0 Å². The van der Waals surface area contributed by atoms with Crippen LogP contribution in [0.25, 0.3) is 6.08 Å². The lowest BCUT2D eigenvalue weighted by Gasteiger charge is -2.30. The first-order valence-electron chi connectivity index (χ1n) is 7.97. The van der Waals surface area contributed by atoms with Gasteiger partial charge < -0.3 is 16.0 Å². The maximum absolute atomic E-state index is 12.1. The van der Waals surface area contributed by atoms with Crippen molar-refractivity contribution >= 4 is 18.0 Å². The number of hydrogen-bond acceptors (Lipinski definition) is 2. The minimum atomic E-state index is -0.389. The first-order valence-corrected chi connectivity index (χ1v) is 7.97. The van der Waals surface area contributed by atoms with Gasteiger partial charge in [0.25, 0.3) is 0 Å². The van der Waals surface area contributed by atoms with Gasteiger partial charge in [-0.2, -0.15) is 0 Å².